The van der Waals surface area contributed by atoms with Crippen LogP contribution in [0.15, 0.2) is 24.4 Å². The van der Waals surface area contributed by atoms with E-state index in [9.17, 15) is 4.79 Å². The van der Waals surface area contributed by atoms with E-state index in [1.54, 1.807) is 0 Å². The summed E-state index contributed by atoms with van der Waals surface area (Å²) in [4.78, 5) is 22.0. The molecule has 0 spiro atoms. The summed E-state index contributed by atoms with van der Waals surface area (Å²) in [5, 5.41) is 1.42. The van der Waals surface area contributed by atoms with Gasteiger partial charge in [0.2, 0.25) is 5.91 Å². The van der Waals surface area contributed by atoms with E-state index in [2.05, 4.69) is 60.1 Å². The van der Waals surface area contributed by atoms with E-state index in [4.69, 9.17) is 0 Å². The van der Waals surface area contributed by atoms with Crippen LogP contribution in [-0.4, -0.2) is 52.4 Å². The van der Waals surface area contributed by atoms with Crippen LogP contribution in [0.5, 0.6) is 0 Å². The Morgan fingerprint density at radius 2 is 2.00 bits per heavy atom. The van der Waals surface area contributed by atoms with Crippen LogP contribution in [0, 0.1) is 5.92 Å². The predicted octanol–water partition coefficient (Wildman–Crippen LogP) is 4.70. The van der Waals surface area contributed by atoms with Crippen molar-refractivity contribution in [3.8, 4) is 0 Å². The minimum atomic E-state index is 0.112. The van der Waals surface area contributed by atoms with E-state index in [1.807, 2.05) is 0 Å². The molecule has 3 atom stereocenters. The molecule has 1 amide bonds. The highest BCUT2D eigenvalue weighted by Crippen LogP contribution is 2.45. The second-order valence-corrected chi connectivity index (χ2v) is 9.96. The molecule has 4 nitrogen and oxygen atoms in total. The number of likely N-dealkylation sites (tertiary alicyclic amines) is 1. The average Bonchev–Trinajstić information content (AvgIpc) is 3.14. The quantitative estimate of drug-likeness (QED) is 0.821. The number of aromatic nitrogens is 1. The predicted molar refractivity (Wildman–Crippen MR) is 118 cm³/mol. The zero-order valence-corrected chi connectivity index (χ0v) is 18.2. The zero-order valence-electron chi connectivity index (χ0n) is 18.2. The van der Waals surface area contributed by atoms with Crippen LogP contribution in [0.4, 0.5) is 0 Å². The number of H-pyrrole nitrogens is 1. The lowest BCUT2D eigenvalue weighted by Crippen LogP contribution is -2.55. The van der Waals surface area contributed by atoms with Crippen LogP contribution < -0.4 is 0 Å². The Bertz CT molecular complexity index is 895. The highest BCUT2D eigenvalue weighted by molar-refractivity contribution is 5.88. The van der Waals surface area contributed by atoms with E-state index >= 15 is 0 Å². The molecule has 5 rings (SSSR count). The number of rotatable bonds is 3. The second kappa shape index (κ2) is 7.46. The van der Waals surface area contributed by atoms with E-state index in [0.29, 0.717) is 30.0 Å². The molecule has 1 aromatic heterocycles. The van der Waals surface area contributed by atoms with Crippen molar-refractivity contribution < 1.29 is 4.79 Å². The number of benzene rings is 1. The van der Waals surface area contributed by atoms with Gasteiger partial charge in [0.15, 0.2) is 0 Å². The summed E-state index contributed by atoms with van der Waals surface area (Å²) < 4.78 is 0. The molecule has 0 bridgehead atoms. The van der Waals surface area contributed by atoms with Gasteiger partial charge < -0.3 is 14.8 Å². The van der Waals surface area contributed by atoms with Crippen molar-refractivity contribution in [2.24, 2.45) is 5.92 Å². The third-order valence-corrected chi connectivity index (χ3v) is 7.85. The van der Waals surface area contributed by atoms with Crippen LogP contribution in [-0.2, 0) is 11.2 Å². The first-order chi connectivity index (χ1) is 14.0. The van der Waals surface area contributed by atoms with Crippen LogP contribution >= 0.6 is 0 Å². The molecule has 1 saturated carbocycles. The SMILES string of the molecule is CC(C)N(C(=O)C1CC2c3cccc4[nH]cc(c34)C[C@H]2N(C)C1)C1CCCCC1. The summed E-state index contributed by atoms with van der Waals surface area (Å²) in [6, 6.07) is 7.91. The topological polar surface area (TPSA) is 39.3 Å². The molecular formula is C25H35N3O. The maximum Gasteiger partial charge on any atom is 0.227 e. The van der Waals surface area contributed by atoms with Crippen molar-refractivity contribution in [3.05, 3.63) is 35.5 Å². The van der Waals surface area contributed by atoms with Crippen molar-refractivity contribution in [1.29, 1.82) is 0 Å². The highest BCUT2D eigenvalue weighted by Gasteiger charge is 2.43. The van der Waals surface area contributed by atoms with Crippen LogP contribution in [0.25, 0.3) is 10.9 Å². The fourth-order valence-electron chi connectivity index (χ4n) is 6.55. The first-order valence-corrected chi connectivity index (χ1v) is 11.7. The summed E-state index contributed by atoms with van der Waals surface area (Å²) in [5.74, 6) is 0.973. The number of carbonyl (C=O) groups excluding carboxylic acids is 1. The Morgan fingerprint density at radius 3 is 2.76 bits per heavy atom. The molecule has 3 aliphatic rings. The maximum absolute atomic E-state index is 13.8. The molecule has 1 N–H and O–H groups in total. The minimum Gasteiger partial charge on any atom is -0.361 e. The molecule has 2 unspecified atom stereocenters. The third-order valence-electron chi connectivity index (χ3n) is 7.85. The lowest BCUT2D eigenvalue weighted by atomic mass is 9.72. The number of fused-ring (bicyclic) bond motifs is 2. The van der Waals surface area contributed by atoms with Crippen molar-refractivity contribution in [2.75, 3.05) is 13.6 Å². The van der Waals surface area contributed by atoms with Gasteiger partial charge in [0.05, 0.1) is 5.92 Å². The standard InChI is InChI=1S/C25H35N3O/c1-16(2)28(19-8-5-4-6-9-19)25(29)18-12-21-20-10-7-11-22-24(20)17(14-26-22)13-23(21)27(3)15-18/h7,10-11,14,16,18-19,21,23,26H,4-6,8-9,12-13,15H2,1-3H3/t18?,21?,23-/m1/s1. The number of nitrogens with zero attached hydrogens (tertiary/aromatic N) is 2. The Hall–Kier alpha value is -1.81. The van der Waals surface area contributed by atoms with Gasteiger partial charge in [-0.15, -0.1) is 0 Å². The molecule has 1 aliphatic heterocycles. The molecule has 0 radical (unpaired) electrons. The maximum atomic E-state index is 13.8. The largest absolute Gasteiger partial charge is 0.361 e. The molecule has 4 heteroatoms. The number of likely N-dealkylation sites (N-methyl/N-ethyl adjacent to an activating group) is 1. The Balaban J connectivity index is 1.44. The van der Waals surface area contributed by atoms with Crippen molar-refractivity contribution in [1.82, 2.24) is 14.8 Å². The number of nitrogens with one attached hydrogen (secondary N) is 1. The van der Waals surface area contributed by atoms with Gasteiger partial charge in [0.1, 0.15) is 0 Å². The lowest BCUT2D eigenvalue weighted by Gasteiger charge is -2.47. The van der Waals surface area contributed by atoms with Gasteiger partial charge >= 0.3 is 0 Å². The average molecular weight is 394 g/mol. The highest BCUT2D eigenvalue weighted by atomic mass is 16.2. The van der Waals surface area contributed by atoms with Gasteiger partial charge in [0.25, 0.3) is 0 Å². The summed E-state index contributed by atoms with van der Waals surface area (Å²) >= 11 is 0. The number of carbonyl (C=O) groups is 1. The van der Waals surface area contributed by atoms with Gasteiger partial charge in [0, 0.05) is 47.7 Å². The van der Waals surface area contributed by atoms with Crippen molar-refractivity contribution in [3.63, 3.8) is 0 Å². The summed E-state index contributed by atoms with van der Waals surface area (Å²) in [5.41, 5.74) is 4.14. The Morgan fingerprint density at radius 1 is 1.21 bits per heavy atom. The van der Waals surface area contributed by atoms with Gasteiger partial charge in [-0.25, -0.2) is 0 Å². The number of hydrogen-bond acceptors (Lipinski definition) is 2. The van der Waals surface area contributed by atoms with E-state index < -0.39 is 0 Å². The van der Waals surface area contributed by atoms with Crippen LogP contribution in [0.3, 0.4) is 0 Å². The van der Waals surface area contributed by atoms with E-state index in [0.717, 1.165) is 19.4 Å². The van der Waals surface area contributed by atoms with E-state index in [-0.39, 0.29) is 5.92 Å². The van der Waals surface area contributed by atoms with E-state index in [1.165, 1.54) is 54.1 Å². The molecule has 2 aliphatic carbocycles. The lowest BCUT2D eigenvalue weighted by molar-refractivity contribution is -0.143. The van der Waals surface area contributed by atoms with Crippen LogP contribution in [0.2, 0.25) is 0 Å². The molecule has 2 aromatic rings. The normalized spacial score (nSPS) is 27.9. The van der Waals surface area contributed by atoms with Crippen molar-refractivity contribution in [2.45, 2.75) is 82.8 Å². The smallest absolute Gasteiger partial charge is 0.227 e. The third kappa shape index (κ3) is 3.20. The number of piperidine rings is 1. The van der Waals surface area contributed by atoms with Gasteiger partial charge in [-0.05, 0) is 63.8 Å². The molecule has 2 fully saturated rings. The fourth-order valence-corrected chi connectivity index (χ4v) is 6.55. The zero-order chi connectivity index (χ0) is 20.1. The number of aromatic amines is 1. The Kier molecular flexibility index (Phi) is 4.93. The summed E-state index contributed by atoms with van der Waals surface area (Å²) in [6.45, 7) is 5.30. The molecule has 156 valence electrons. The molecule has 1 saturated heterocycles. The second-order valence-electron chi connectivity index (χ2n) is 9.96. The summed E-state index contributed by atoms with van der Waals surface area (Å²) in [6.07, 6.45) is 10.5. The van der Waals surface area contributed by atoms with Crippen LogP contribution in [0.1, 0.15) is 69.4 Å². The molecule has 1 aromatic carbocycles. The van der Waals surface area contributed by atoms with Gasteiger partial charge in [-0.2, -0.15) is 0 Å². The monoisotopic (exact) mass is 393 g/mol. The first kappa shape index (κ1) is 19.2. The minimum absolute atomic E-state index is 0.112. The number of hydrogen-bond donors (Lipinski definition) is 1. The van der Waals surface area contributed by atoms with Gasteiger partial charge in [-0.1, -0.05) is 31.4 Å². The Labute approximate surface area is 174 Å². The van der Waals surface area contributed by atoms with Crippen molar-refractivity contribution >= 4 is 16.8 Å². The summed E-state index contributed by atoms with van der Waals surface area (Å²) in [7, 11) is 2.23. The number of amides is 1. The molecule has 2 heterocycles. The molecular weight excluding hydrogens is 358 g/mol. The fraction of sp³-hybridized carbons (Fsp3) is 0.640. The first-order valence-electron chi connectivity index (χ1n) is 11.7. The van der Waals surface area contributed by atoms with Gasteiger partial charge in [-0.3, -0.25) is 4.79 Å². The molecule has 29 heavy (non-hydrogen) atoms.